The molecule has 2 fully saturated rings. The number of hydrogen-bond acceptors (Lipinski definition) is 3. The average Bonchev–Trinajstić information content (AvgIpc) is 2.92. The third-order valence-corrected chi connectivity index (χ3v) is 4.64. The van der Waals surface area contributed by atoms with Crippen molar-refractivity contribution in [3.05, 3.63) is 22.6 Å². The van der Waals surface area contributed by atoms with Crippen molar-refractivity contribution in [1.29, 1.82) is 0 Å². The van der Waals surface area contributed by atoms with Gasteiger partial charge in [-0.2, -0.15) is 0 Å². The second-order valence-electron chi connectivity index (χ2n) is 5.16. The minimum Gasteiger partial charge on any atom is -0.453 e. The van der Waals surface area contributed by atoms with Crippen molar-refractivity contribution in [3.8, 4) is 0 Å². The fourth-order valence-corrected chi connectivity index (χ4v) is 3.58. The summed E-state index contributed by atoms with van der Waals surface area (Å²) in [6, 6.07) is 5.46. The van der Waals surface area contributed by atoms with E-state index in [9.17, 15) is 0 Å². The van der Waals surface area contributed by atoms with Crippen molar-refractivity contribution >= 4 is 15.9 Å². The van der Waals surface area contributed by atoms with Crippen molar-refractivity contribution in [2.24, 2.45) is 0 Å². The molecule has 0 saturated carbocycles. The number of furan rings is 1. The van der Waals surface area contributed by atoms with E-state index in [0.717, 1.165) is 29.6 Å². The van der Waals surface area contributed by atoms with Gasteiger partial charge in [0.15, 0.2) is 4.67 Å². The number of rotatable bonds is 2. The smallest absolute Gasteiger partial charge is 0.169 e. The third kappa shape index (κ3) is 2.30. The van der Waals surface area contributed by atoms with E-state index in [1.165, 1.54) is 25.9 Å². The van der Waals surface area contributed by atoms with E-state index in [4.69, 9.17) is 4.42 Å². The Kier molecular flexibility index (Phi) is 3.28. The van der Waals surface area contributed by atoms with Crippen LogP contribution in [0.15, 0.2) is 21.2 Å². The zero-order chi connectivity index (χ0) is 11.8. The Balaban J connectivity index is 1.67. The first-order valence-electron chi connectivity index (χ1n) is 6.46. The van der Waals surface area contributed by atoms with Gasteiger partial charge < -0.3 is 4.42 Å². The Morgan fingerprint density at radius 3 is 3.00 bits per heavy atom. The minimum atomic E-state index is 0.648. The molecule has 3 nitrogen and oxygen atoms in total. The molecular formula is C13H19BrN2O. The summed E-state index contributed by atoms with van der Waals surface area (Å²) in [5.41, 5.74) is 0. The molecule has 4 heteroatoms. The van der Waals surface area contributed by atoms with E-state index in [1.807, 2.05) is 6.07 Å². The summed E-state index contributed by atoms with van der Waals surface area (Å²) in [7, 11) is 0. The molecule has 1 aromatic heterocycles. The van der Waals surface area contributed by atoms with Crippen molar-refractivity contribution in [1.82, 2.24) is 9.80 Å². The molecule has 2 atom stereocenters. The largest absolute Gasteiger partial charge is 0.453 e. The van der Waals surface area contributed by atoms with Crippen LogP contribution in [0.4, 0.5) is 0 Å². The van der Waals surface area contributed by atoms with Crippen molar-refractivity contribution in [2.75, 3.05) is 19.6 Å². The van der Waals surface area contributed by atoms with Crippen molar-refractivity contribution in [2.45, 2.75) is 38.4 Å². The summed E-state index contributed by atoms with van der Waals surface area (Å²) in [4.78, 5) is 5.21. The first-order chi connectivity index (χ1) is 8.24. The van der Waals surface area contributed by atoms with Gasteiger partial charge in [0.1, 0.15) is 5.76 Å². The SMILES string of the molecule is CC1C2CCCN2CCN1Cc1ccc(Br)o1. The molecular weight excluding hydrogens is 280 g/mol. The molecule has 0 spiro atoms. The van der Waals surface area contributed by atoms with Gasteiger partial charge in [0, 0.05) is 25.2 Å². The summed E-state index contributed by atoms with van der Waals surface area (Å²) in [5.74, 6) is 1.06. The molecule has 3 heterocycles. The Bertz CT molecular complexity index is 393. The lowest BCUT2D eigenvalue weighted by Gasteiger charge is -2.42. The standard InChI is InChI=1S/C13H19BrN2O/c1-10-12-3-2-6-15(12)7-8-16(10)9-11-4-5-13(14)17-11/h4-5,10,12H,2-3,6-9H2,1H3. The molecule has 0 bridgehead atoms. The average molecular weight is 299 g/mol. The van der Waals surface area contributed by atoms with Crippen LogP contribution in [0.3, 0.4) is 0 Å². The van der Waals surface area contributed by atoms with E-state index in [2.05, 4.69) is 38.7 Å². The van der Waals surface area contributed by atoms with Gasteiger partial charge in [-0.25, -0.2) is 0 Å². The molecule has 0 N–H and O–H groups in total. The number of nitrogens with zero attached hydrogens (tertiary/aromatic N) is 2. The van der Waals surface area contributed by atoms with Gasteiger partial charge in [0.2, 0.25) is 0 Å². The Morgan fingerprint density at radius 1 is 1.35 bits per heavy atom. The maximum absolute atomic E-state index is 5.61. The highest BCUT2D eigenvalue weighted by atomic mass is 79.9. The third-order valence-electron chi connectivity index (χ3n) is 4.21. The zero-order valence-electron chi connectivity index (χ0n) is 10.2. The second-order valence-corrected chi connectivity index (χ2v) is 5.94. The van der Waals surface area contributed by atoms with Gasteiger partial charge in [-0.05, 0) is 54.4 Å². The van der Waals surface area contributed by atoms with Gasteiger partial charge in [0.05, 0.1) is 6.54 Å². The predicted octanol–water partition coefficient (Wildman–Crippen LogP) is 2.71. The molecule has 0 aliphatic carbocycles. The number of piperazine rings is 1. The summed E-state index contributed by atoms with van der Waals surface area (Å²) < 4.78 is 6.44. The summed E-state index contributed by atoms with van der Waals surface area (Å²) in [6.07, 6.45) is 2.73. The van der Waals surface area contributed by atoms with E-state index in [0.29, 0.717) is 6.04 Å². The number of fused-ring (bicyclic) bond motifs is 1. The van der Waals surface area contributed by atoms with Gasteiger partial charge in [0.25, 0.3) is 0 Å². The van der Waals surface area contributed by atoms with E-state index < -0.39 is 0 Å². The molecule has 2 saturated heterocycles. The van der Waals surface area contributed by atoms with Crippen LogP contribution >= 0.6 is 15.9 Å². The van der Waals surface area contributed by atoms with Gasteiger partial charge in [-0.15, -0.1) is 0 Å². The van der Waals surface area contributed by atoms with Crippen LogP contribution < -0.4 is 0 Å². The van der Waals surface area contributed by atoms with E-state index in [1.54, 1.807) is 0 Å². The van der Waals surface area contributed by atoms with Crippen molar-refractivity contribution < 1.29 is 4.42 Å². The van der Waals surface area contributed by atoms with E-state index >= 15 is 0 Å². The highest BCUT2D eigenvalue weighted by molar-refractivity contribution is 9.10. The minimum absolute atomic E-state index is 0.648. The van der Waals surface area contributed by atoms with Gasteiger partial charge in [-0.3, -0.25) is 9.80 Å². The topological polar surface area (TPSA) is 19.6 Å². The highest BCUT2D eigenvalue weighted by Crippen LogP contribution is 2.28. The van der Waals surface area contributed by atoms with Crippen LogP contribution in [-0.4, -0.2) is 41.5 Å². The van der Waals surface area contributed by atoms with Crippen molar-refractivity contribution in [3.63, 3.8) is 0 Å². The molecule has 2 unspecified atom stereocenters. The zero-order valence-corrected chi connectivity index (χ0v) is 11.8. The van der Waals surface area contributed by atoms with Crippen LogP contribution in [0.2, 0.25) is 0 Å². The summed E-state index contributed by atoms with van der Waals surface area (Å²) >= 11 is 3.36. The lowest BCUT2D eigenvalue weighted by molar-refractivity contribution is 0.0424. The fraction of sp³-hybridized carbons (Fsp3) is 0.692. The molecule has 2 aliphatic rings. The molecule has 3 rings (SSSR count). The predicted molar refractivity (Wildman–Crippen MR) is 70.9 cm³/mol. The highest BCUT2D eigenvalue weighted by Gasteiger charge is 2.36. The Labute approximate surface area is 111 Å². The molecule has 94 valence electrons. The first-order valence-corrected chi connectivity index (χ1v) is 7.25. The van der Waals surface area contributed by atoms with Gasteiger partial charge >= 0.3 is 0 Å². The number of halogens is 1. The monoisotopic (exact) mass is 298 g/mol. The molecule has 0 radical (unpaired) electrons. The molecule has 2 aliphatic heterocycles. The summed E-state index contributed by atoms with van der Waals surface area (Å²) in [6.45, 7) is 6.99. The molecule has 0 aromatic carbocycles. The second kappa shape index (κ2) is 4.75. The first kappa shape index (κ1) is 11.8. The molecule has 1 aromatic rings. The van der Waals surface area contributed by atoms with Crippen LogP contribution in [-0.2, 0) is 6.54 Å². The number of hydrogen-bond donors (Lipinski definition) is 0. The lowest BCUT2D eigenvalue weighted by Crippen LogP contribution is -2.55. The Hall–Kier alpha value is -0.320. The van der Waals surface area contributed by atoms with Gasteiger partial charge in [-0.1, -0.05) is 0 Å². The van der Waals surface area contributed by atoms with Crippen LogP contribution in [0.25, 0.3) is 0 Å². The quantitative estimate of drug-likeness (QED) is 0.837. The Morgan fingerprint density at radius 2 is 2.24 bits per heavy atom. The van der Waals surface area contributed by atoms with Crippen LogP contribution in [0, 0.1) is 0 Å². The fourth-order valence-electron chi connectivity index (χ4n) is 3.24. The lowest BCUT2D eigenvalue weighted by atomic mass is 10.0. The van der Waals surface area contributed by atoms with Crippen LogP contribution in [0.1, 0.15) is 25.5 Å². The van der Waals surface area contributed by atoms with E-state index in [-0.39, 0.29) is 0 Å². The maximum Gasteiger partial charge on any atom is 0.169 e. The van der Waals surface area contributed by atoms with Crippen LogP contribution in [0.5, 0.6) is 0 Å². The summed E-state index contributed by atoms with van der Waals surface area (Å²) in [5, 5.41) is 0. The maximum atomic E-state index is 5.61. The molecule has 0 amide bonds. The normalized spacial score (nSPS) is 30.7. The molecule has 17 heavy (non-hydrogen) atoms.